The molecule has 4 rings (SSSR count). The second-order valence-corrected chi connectivity index (χ2v) is 5.31. The molecular weight excluding hydrogens is 331 g/mol. The summed E-state index contributed by atoms with van der Waals surface area (Å²) in [4.78, 5) is 0. The number of benzene rings is 3. The quantitative estimate of drug-likeness (QED) is 0.554. The van der Waals surface area contributed by atoms with Gasteiger partial charge in [0.15, 0.2) is 0 Å². The first kappa shape index (κ1) is 14.5. The minimum absolute atomic E-state index is 0. The zero-order valence-corrected chi connectivity index (χ0v) is 14.4. The summed E-state index contributed by atoms with van der Waals surface area (Å²) in [5, 5.41) is 2.64. The molecule has 3 aromatic carbocycles. The van der Waals surface area contributed by atoms with Gasteiger partial charge in [0.25, 0.3) is 0 Å². The summed E-state index contributed by atoms with van der Waals surface area (Å²) in [6, 6.07) is 19.6. The van der Waals surface area contributed by atoms with Gasteiger partial charge in [-0.1, -0.05) is 66.7 Å². The summed E-state index contributed by atoms with van der Waals surface area (Å²) in [5.74, 6) is 0. The Kier molecular flexibility index (Phi) is 3.95. The van der Waals surface area contributed by atoms with Gasteiger partial charge in [-0.15, -0.1) is 0 Å². The second-order valence-electron chi connectivity index (χ2n) is 5.31. The Bertz CT molecular complexity index is 844. The third kappa shape index (κ3) is 2.34. The Hall–Kier alpha value is -1.46. The SMILES string of the molecule is Cc1ccc2ccccc2c1-c1cccc2c1C=C[CH]2.[Zr]. The van der Waals surface area contributed by atoms with Crippen LogP contribution in [0.5, 0.6) is 0 Å². The number of allylic oxidation sites excluding steroid dienone is 1. The maximum atomic E-state index is 2.23. The van der Waals surface area contributed by atoms with Gasteiger partial charge in [0.05, 0.1) is 0 Å². The molecule has 3 aromatic rings. The van der Waals surface area contributed by atoms with Crippen molar-refractivity contribution in [3.05, 3.63) is 83.8 Å². The largest absolute Gasteiger partial charge is 0.0754 e. The molecule has 0 fully saturated rings. The molecule has 1 aliphatic carbocycles. The van der Waals surface area contributed by atoms with Crippen molar-refractivity contribution in [2.45, 2.75) is 6.92 Å². The topological polar surface area (TPSA) is 0 Å². The van der Waals surface area contributed by atoms with E-state index in [1.165, 1.54) is 38.6 Å². The van der Waals surface area contributed by atoms with Crippen LogP contribution in [0.4, 0.5) is 0 Å². The van der Waals surface area contributed by atoms with Gasteiger partial charge in [-0.05, 0) is 45.5 Å². The van der Waals surface area contributed by atoms with Crippen LogP contribution in [0.15, 0.2) is 60.7 Å². The van der Waals surface area contributed by atoms with Gasteiger partial charge in [0.1, 0.15) is 0 Å². The van der Waals surface area contributed by atoms with Crippen LogP contribution in [-0.4, -0.2) is 0 Å². The van der Waals surface area contributed by atoms with Crippen molar-refractivity contribution >= 4 is 16.8 Å². The molecule has 1 heteroatoms. The van der Waals surface area contributed by atoms with Gasteiger partial charge in [0, 0.05) is 32.6 Å². The fourth-order valence-corrected chi connectivity index (χ4v) is 3.12. The van der Waals surface area contributed by atoms with Crippen molar-refractivity contribution in [3.8, 4) is 11.1 Å². The molecule has 0 amide bonds. The Morgan fingerprint density at radius 1 is 0.810 bits per heavy atom. The van der Waals surface area contributed by atoms with Crippen LogP contribution in [0.1, 0.15) is 16.7 Å². The van der Waals surface area contributed by atoms with Gasteiger partial charge in [-0.3, -0.25) is 0 Å². The normalized spacial score (nSPS) is 12.2. The molecule has 0 unspecified atom stereocenters. The first-order valence-corrected chi connectivity index (χ1v) is 6.98. The third-order valence-electron chi connectivity index (χ3n) is 4.09. The number of hydrogen-bond acceptors (Lipinski definition) is 0. The second kappa shape index (κ2) is 5.74. The molecule has 0 nitrogen and oxygen atoms in total. The number of rotatable bonds is 1. The molecule has 0 aromatic heterocycles. The van der Waals surface area contributed by atoms with E-state index in [0.717, 1.165) is 0 Å². The van der Waals surface area contributed by atoms with Crippen LogP contribution < -0.4 is 0 Å². The smallest absolute Gasteiger partial charge is 0.0131 e. The van der Waals surface area contributed by atoms with E-state index < -0.39 is 0 Å². The van der Waals surface area contributed by atoms with E-state index in [9.17, 15) is 0 Å². The average Bonchev–Trinajstić information content (AvgIpc) is 2.96. The van der Waals surface area contributed by atoms with Gasteiger partial charge in [0.2, 0.25) is 0 Å². The fourth-order valence-electron chi connectivity index (χ4n) is 3.12. The van der Waals surface area contributed by atoms with Crippen molar-refractivity contribution < 1.29 is 26.2 Å². The summed E-state index contributed by atoms with van der Waals surface area (Å²) in [6.45, 7) is 2.20. The van der Waals surface area contributed by atoms with Crippen LogP contribution in [0, 0.1) is 13.3 Å². The number of fused-ring (bicyclic) bond motifs is 2. The van der Waals surface area contributed by atoms with Gasteiger partial charge in [-0.25, -0.2) is 0 Å². The molecule has 21 heavy (non-hydrogen) atoms. The molecule has 0 aliphatic heterocycles. The van der Waals surface area contributed by atoms with Gasteiger partial charge in [-0.2, -0.15) is 0 Å². The van der Waals surface area contributed by atoms with Crippen molar-refractivity contribution in [2.75, 3.05) is 0 Å². The molecule has 0 spiro atoms. The summed E-state index contributed by atoms with van der Waals surface area (Å²) in [6.07, 6.45) is 6.53. The molecule has 1 aliphatic rings. The van der Waals surface area contributed by atoms with Crippen LogP contribution in [0.3, 0.4) is 0 Å². The number of aryl methyl sites for hydroxylation is 1. The summed E-state index contributed by atoms with van der Waals surface area (Å²) in [7, 11) is 0. The van der Waals surface area contributed by atoms with Crippen molar-refractivity contribution in [1.29, 1.82) is 0 Å². The van der Waals surface area contributed by atoms with Crippen LogP contribution in [0.25, 0.3) is 28.0 Å². The maximum Gasteiger partial charge on any atom is 0.0131 e. The minimum atomic E-state index is 0. The van der Waals surface area contributed by atoms with Crippen molar-refractivity contribution in [2.24, 2.45) is 0 Å². The molecule has 0 atom stereocenters. The van der Waals surface area contributed by atoms with Crippen LogP contribution in [-0.2, 0) is 26.2 Å². The molecule has 0 heterocycles. The van der Waals surface area contributed by atoms with Crippen LogP contribution in [0.2, 0.25) is 0 Å². The Balaban J connectivity index is 0.00000132. The van der Waals surface area contributed by atoms with E-state index in [-0.39, 0.29) is 26.2 Å². The van der Waals surface area contributed by atoms with E-state index in [4.69, 9.17) is 0 Å². The van der Waals surface area contributed by atoms with Crippen molar-refractivity contribution in [3.63, 3.8) is 0 Å². The minimum Gasteiger partial charge on any atom is -0.0754 e. The standard InChI is InChI=1S/C20H15.Zr/c1-14-12-13-16-6-2-3-9-18(16)20(14)19-11-5-8-15-7-4-10-17(15)19;/h2-13H,1H3;. The summed E-state index contributed by atoms with van der Waals surface area (Å²) >= 11 is 0. The molecule has 0 bridgehead atoms. The fraction of sp³-hybridized carbons (Fsp3) is 0.0500. The van der Waals surface area contributed by atoms with E-state index in [2.05, 4.69) is 80.1 Å². The van der Waals surface area contributed by atoms with E-state index in [1.54, 1.807) is 0 Å². The first-order chi connectivity index (χ1) is 9.84. The Labute approximate surface area is 144 Å². The predicted molar refractivity (Wildman–Crippen MR) is 86.6 cm³/mol. The Morgan fingerprint density at radius 3 is 2.57 bits per heavy atom. The predicted octanol–water partition coefficient (Wildman–Crippen LogP) is 5.39. The van der Waals surface area contributed by atoms with Gasteiger partial charge >= 0.3 is 0 Å². The monoisotopic (exact) mass is 345 g/mol. The third-order valence-corrected chi connectivity index (χ3v) is 4.09. The van der Waals surface area contributed by atoms with Crippen molar-refractivity contribution in [1.82, 2.24) is 0 Å². The molecular formula is C20H15Zr. The zero-order chi connectivity index (χ0) is 13.5. The zero-order valence-electron chi connectivity index (χ0n) is 11.9. The average molecular weight is 347 g/mol. The van der Waals surface area contributed by atoms with E-state index >= 15 is 0 Å². The summed E-state index contributed by atoms with van der Waals surface area (Å²) < 4.78 is 0. The van der Waals surface area contributed by atoms with Crippen LogP contribution >= 0.6 is 0 Å². The first-order valence-electron chi connectivity index (χ1n) is 6.98. The summed E-state index contributed by atoms with van der Waals surface area (Å²) in [5.41, 5.74) is 6.68. The molecule has 1 radical (unpaired) electrons. The molecule has 0 saturated carbocycles. The molecule has 0 N–H and O–H groups in total. The number of hydrogen-bond donors (Lipinski definition) is 0. The molecule has 99 valence electrons. The maximum absolute atomic E-state index is 2.23. The van der Waals surface area contributed by atoms with E-state index in [1.807, 2.05) is 0 Å². The van der Waals surface area contributed by atoms with Gasteiger partial charge < -0.3 is 0 Å². The molecule has 0 saturated heterocycles. The van der Waals surface area contributed by atoms with E-state index in [0.29, 0.717) is 0 Å². The Morgan fingerprint density at radius 2 is 1.67 bits per heavy atom.